The number of amides is 1. The van der Waals surface area contributed by atoms with Crippen LogP contribution in [0.15, 0.2) is 24.3 Å². The van der Waals surface area contributed by atoms with Crippen molar-refractivity contribution in [3.05, 3.63) is 29.8 Å². The van der Waals surface area contributed by atoms with Gasteiger partial charge >= 0.3 is 0 Å². The summed E-state index contributed by atoms with van der Waals surface area (Å²) in [5.41, 5.74) is 1.20. The van der Waals surface area contributed by atoms with E-state index in [1.165, 1.54) is 5.56 Å². The average Bonchev–Trinajstić information content (AvgIpc) is 2.55. The zero-order valence-corrected chi connectivity index (χ0v) is 15.0. The smallest absolute Gasteiger partial charge is 0.222 e. The topological polar surface area (TPSA) is 41.6 Å². The maximum absolute atomic E-state index is 12.3. The largest absolute Gasteiger partial charge is 0.494 e. The molecule has 1 aromatic carbocycles. The summed E-state index contributed by atoms with van der Waals surface area (Å²) in [4.78, 5) is 14.3. The number of nitrogens with zero attached hydrogens (tertiary/aromatic N) is 1. The van der Waals surface area contributed by atoms with Crippen molar-refractivity contribution in [2.24, 2.45) is 5.92 Å². The zero-order valence-electron chi connectivity index (χ0n) is 14.2. The Morgan fingerprint density at radius 1 is 1.26 bits per heavy atom. The molecule has 0 aromatic heterocycles. The van der Waals surface area contributed by atoms with E-state index in [-0.39, 0.29) is 18.3 Å². The first-order valence-electron chi connectivity index (χ1n) is 8.37. The van der Waals surface area contributed by atoms with Crippen molar-refractivity contribution in [2.45, 2.75) is 32.6 Å². The van der Waals surface area contributed by atoms with E-state index in [1.54, 1.807) is 0 Å². The van der Waals surface area contributed by atoms with Gasteiger partial charge in [-0.1, -0.05) is 12.1 Å². The van der Waals surface area contributed by atoms with Crippen LogP contribution in [0.3, 0.4) is 0 Å². The molecule has 0 spiro atoms. The molecule has 1 amide bonds. The van der Waals surface area contributed by atoms with E-state index < -0.39 is 0 Å². The highest BCUT2D eigenvalue weighted by molar-refractivity contribution is 5.85. The molecular weight excluding hydrogens is 312 g/mol. The lowest BCUT2D eigenvalue weighted by atomic mass is 9.96. The summed E-state index contributed by atoms with van der Waals surface area (Å²) in [5, 5.41) is 3.23. The Balaban J connectivity index is 0.00000264. The Hall–Kier alpha value is -1.26. The number of ether oxygens (including phenoxy) is 1. The third-order valence-electron chi connectivity index (χ3n) is 4.32. The van der Waals surface area contributed by atoms with Crippen molar-refractivity contribution in [3.8, 4) is 5.75 Å². The van der Waals surface area contributed by atoms with E-state index in [9.17, 15) is 4.79 Å². The van der Waals surface area contributed by atoms with Crippen LogP contribution in [0.1, 0.15) is 31.7 Å². The molecule has 1 fully saturated rings. The van der Waals surface area contributed by atoms with E-state index in [0.717, 1.165) is 50.6 Å². The molecule has 5 heteroatoms. The van der Waals surface area contributed by atoms with Crippen LogP contribution < -0.4 is 10.1 Å². The van der Waals surface area contributed by atoms with Crippen molar-refractivity contribution in [2.75, 3.05) is 33.3 Å². The number of nitrogens with one attached hydrogen (secondary N) is 1. The molecule has 23 heavy (non-hydrogen) atoms. The molecule has 1 aliphatic rings. The van der Waals surface area contributed by atoms with Gasteiger partial charge in [-0.15, -0.1) is 12.4 Å². The molecule has 0 radical (unpaired) electrons. The molecule has 1 N–H and O–H groups in total. The summed E-state index contributed by atoms with van der Waals surface area (Å²) in [6.07, 6.45) is 3.65. The quantitative estimate of drug-likeness (QED) is 0.829. The number of piperidine rings is 1. The SMILES string of the molecule is CCOc1ccc(CCC(=O)N2CCC(CNC)CC2)cc1.Cl. The second kappa shape index (κ2) is 10.5. The lowest BCUT2D eigenvalue weighted by Crippen LogP contribution is -2.40. The number of rotatable bonds is 7. The van der Waals surface area contributed by atoms with Crippen LogP contribution >= 0.6 is 12.4 Å². The number of hydrogen-bond acceptors (Lipinski definition) is 3. The maximum Gasteiger partial charge on any atom is 0.222 e. The number of hydrogen-bond donors (Lipinski definition) is 1. The highest BCUT2D eigenvalue weighted by Crippen LogP contribution is 2.18. The van der Waals surface area contributed by atoms with Crippen LogP contribution in [0.4, 0.5) is 0 Å². The van der Waals surface area contributed by atoms with Gasteiger partial charge in [-0.25, -0.2) is 0 Å². The normalized spacial score (nSPS) is 15.1. The highest BCUT2D eigenvalue weighted by atomic mass is 35.5. The fraction of sp³-hybridized carbons (Fsp3) is 0.611. The average molecular weight is 341 g/mol. The van der Waals surface area contributed by atoms with Crippen LogP contribution in [-0.4, -0.2) is 44.1 Å². The second-order valence-electron chi connectivity index (χ2n) is 5.96. The molecule has 4 nitrogen and oxygen atoms in total. The molecule has 1 saturated heterocycles. The maximum atomic E-state index is 12.3. The van der Waals surface area contributed by atoms with Gasteiger partial charge in [0, 0.05) is 19.5 Å². The Bertz CT molecular complexity index is 457. The summed E-state index contributed by atoms with van der Waals surface area (Å²) in [5.74, 6) is 1.90. The van der Waals surface area contributed by atoms with Crippen LogP contribution in [0.2, 0.25) is 0 Å². The van der Waals surface area contributed by atoms with E-state index in [1.807, 2.05) is 31.0 Å². The number of carbonyl (C=O) groups excluding carboxylic acids is 1. The first-order chi connectivity index (χ1) is 10.7. The van der Waals surface area contributed by atoms with Crippen molar-refractivity contribution in [1.29, 1.82) is 0 Å². The summed E-state index contributed by atoms with van der Waals surface area (Å²) in [6, 6.07) is 8.06. The molecule has 0 saturated carbocycles. The molecule has 0 bridgehead atoms. The van der Waals surface area contributed by atoms with Crippen molar-refractivity contribution < 1.29 is 9.53 Å². The monoisotopic (exact) mass is 340 g/mol. The van der Waals surface area contributed by atoms with Gasteiger partial charge in [-0.2, -0.15) is 0 Å². The number of aryl methyl sites for hydroxylation is 1. The lowest BCUT2D eigenvalue weighted by Gasteiger charge is -2.32. The molecule has 1 aromatic rings. The number of halogens is 1. The van der Waals surface area contributed by atoms with E-state index in [0.29, 0.717) is 13.0 Å². The fourth-order valence-corrected chi connectivity index (χ4v) is 3.00. The van der Waals surface area contributed by atoms with Gasteiger partial charge < -0.3 is 15.0 Å². The number of likely N-dealkylation sites (tertiary alicyclic amines) is 1. The van der Waals surface area contributed by atoms with Crippen molar-refractivity contribution in [1.82, 2.24) is 10.2 Å². The summed E-state index contributed by atoms with van der Waals surface area (Å²) in [7, 11) is 1.99. The van der Waals surface area contributed by atoms with Gasteiger partial charge in [0.2, 0.25) is 5.91 Å². The van der Waals surface area contributed by atoms with Gasteiger partial charge in [0.25, 0.3) is 0 Å². The molecule has 1 heterocycles. The molecular formula is C18H29ClN2O2. The summed E-state index contributed by atoms with van der Waals surface area (Å²) >= 11 is 0. The van der Waals surface area contributed by atoms with Gasteiger partial charge in [0.05, 0.1) is 6.61 Å². The number of carbonyl (C=O) groups is 1. The first kappa shape index (κ1) is 19.8. The van der Waals surface area contributed by atoms with Crippen molar-refractivity contribution >= 4 is 18.3 Å². The summed E-state index contributed by atoms with van der Waals surface area (Å²) < 4.78 is 5.43. The Kier molecular flexibility index (Phi) is 9.03. The van der Waals surface area contributed by atoms with Crippen LogP contribution in [0.25, 0.3) is 0 Å². The molecule has 1 aliphatic heterocycles. The van der Waals surface area contributed by atoms with Gasteiger partial charge in [0.15, 0.2) is 0 Å². The minimum Gasteiger partial charge on any atom is -0.494 e. The predicted octanol–water partition coefficient (Wildman–Crippen LogP) is 2.90. The third kappa shape index (κ3) is 6.40. The Labute approximate surface area is 146 Å². The van der Waals surface area contributed by atoms with Crippen LogP contribution in [0.5, 0.6) is 5.75 Å². The summed E-state index contributed by atoms with van der Waals surface area (Å²) in [6.45, 7) is 5.55. The fourth-order valence-electron chi connectivity index (χ4n) is 3.00. The van der Waals surface area contributed by atoms with E-state index >= 15 is 0 Å². The highest BCUT2D eigenvalue weighted by Gasteiger charge is 2.21. The lowest BCUT2D eigenvalue weighted by molar-refractivity contribution is -0.132. The van der Waals surface area contributed by atoms with Crippen molar-refractivity contribution in [3.63, 3.8) is 0 Å². The van der Waals surface area contributed by atoms with E-state index in [4.69, 9.17) is 4.74 Å². The Morgan fingerprint density at radius 3 is 2.48 bits per heavy atom. The molecule has 2 rings (SSSR count). The predicted molar refractivity (Wildman–Crippen MR) is 96.4 cm³/mol. The molecule has 0 aliphatic carbocycles. The molecule has 0 atom stereocenters. The molecule has 0 unspecified atom stereocenters. The van der Waals surface area contributed by atoms with Gasteiger partial charge in [-0.3, -0.25) is 4.79 Å². The molecule has 130 valence electrons. The Morgan fingerprint density at radius 2 is 1.91 bits per heavy atom. The minimum atomic E-state index is 0. The second-order valence-corrected chi connectivity index (χ2v) is 5.96. The third-order valence-corrected chi connectivity index (χ3v) is 4.32. The van der Waals surface area contributed by atoms with E-state index in [2.05, 4.69) is 17.4 Å². The standard InChI is InChI=1S/C18H28N2O2.ClH/c1-3-22-17-7-4-15(5-8-17)6-9-18(21)20-12-10-16(11-13-20)14-19-2;/h4-5,7-8,16,19H,3,6,9-14H2,1-2H3;1H. The van der Waals surface area contributed by atoms with Crippen LogP contribution in [-0.2, 0) is 11.2 Å². The first-order valence-corrected chi connectivity index (χ1v) is 8.37. The van der Waals surface area contributed by atoms with Gasteiger partial charge in [-0.05, 0) is 63.4 Å². The number of benzene rings is 1. The zero-order chi connectivity index (χ0) is 15.8. The van der Waals surface area contributed by atoms with Crippen LogP contribution in [0, 0.1) is 5.92 Å². The van der Waals surface area contributed by atoms with Gasteiger partial charge in [0.1, 0.15) is 5.75 Å². The minimum absolute atomic E-state index is 0.